The second kappa shape index (κ2) is 27.9. The van der Waals surface area contributed by atoms with Gasteiger partial charge in [0, 0.05) is 121 Å². The molecule has 1 aliphatic carbocycles. The first-order chi connectivity index (χ1) is 39.0. The summed E-state index contributed by atoms with van der Waals surface area (Å²) in [5, 5.41) is 52.5. The molecule has 440 valence electrons. The Labute approximate surface area is 480 Å². The first-order valence-corrected chi connectivity index (χ1v) is 32.0. The van der Waals surface area contributed by atoms with E-state index in [2.05, 4.69) is 99.3 Å². The van der Waals surface area contributed by atoms with E-state index in [-0.39, 0.29) is 46.7 Å². The topological polar surface area (TPSA) is 131 Å². The van der Waals surface area contributed by atoms with Crippen LogP contribution < -0.4 is 18.9 Å². The van der Waals surface area contributed by atoms with Crippen LogP contribution in [-0.2, 0) is 26.2 Å². The van der Waals surface area contributed by atoms with Gasteiger partial charge in [-0.2, -0.15) is 0 Å². The lowest BCUT2D eigenvalue weighted by Gasteiger charge is -2.38. The minimum Gasteiger partial charge on any atom is -0.507 e. The van der Waals surface area contributed by atoms with E-state index in [0.29, 0.717) is 102 Å². The van der Waals surface area contributed by atoms with E-state index < -0.39 is 0 Å². The summed E-state index contributed by atoms with van der Waals surface area (Å²) >= 11 is 0. The monoisotopic (exact) mass is 1100 g/mol. The van der Waals surface area contributed by atoms with Crippen molar-refractivity contribution in [1.82, 2.24) is 19.6 Å². The van der Waals surface area contributed by atoms with Gasteiger partial charge in [0.05, 0.1) is 22.3 Å². The number of hydrogen-bond donors (Lipinski definition) is 4. The highest BCUT2D eigenvalue weighted by Crippen LogP contribution is 2.57. The quantitative estimate of drug-likeness (QED) is 0.0498. The third kappa shape index (κ3) is 12.4. The highest BCUT2D eigenvalue weighted by molar-refractivity contribution is 5.68. The van der Waals surface area contributed by atoms with Crippen molar-refractivity contribution < 1.29 is 39.4 Å². The third-order valence-corrected chi connectivity index (χ3v) is 18.7. The molecule has 0 amide bonds. The standard InChI is InChI=1S/C68H100N4O8/c1-9-17-21-25-29-69-37-57-61(73)49-33-53(65(57)77-41-69)46(14-6)50-34-55(67-58(62(50)74)38-70(43-79-67)30-26-22-18-10-2)48(16-8)52-36-56(68-60(64(52)76)40-72(44-80-68)32-28-24-20-12-4)47(15-7)51-35-54(45(49)13-5)66-59(63(51)75)39-71(42-78-66)31-27-23-19-11-3/h33-36,45-48,73-76H,9-32,37-44H2,1-8H3. The van der Waals surface area contributed by atoms with E-state index in [1.807, 2.05) is 0 Å². The van der Waals surface area contributed by atoms with Crippen molar-refractivity contribution in [1.29, 1.82) is 0 Å². The smallest absolute Gasteiger partial charge is 0.142 e. The molecule has 5 aliphatic rings. The largest absolute Gasteiger partial charge is 0.507 e. The Kier molecular flexibility index (Phi) is 20.9. The van der Waals surface area contributed by atoms with Crippen LogP contribution in [0.2, 0.25) is 0 Å². The second-order valence-electron chi connectivity index (χ2n) is 24.2. The molecule has 4 N–H and O–H groups in total. The first kappa shape index (κ1) is 59.7. The summed E-state index contributed by atoms with van der Waals surface area (Å²) in [4.78, 5) is 9.30. The van der Waals surface area contributed by atoms with E-state index in [9.17, 15) is 20.4 Å². The number of unbranched alkanes of at least 4 members (excludes halogenated alkanes) is 12. The average Bonchev–Trinajstić information content (AvgIpc) is 3.57. The van der Waals surface area contributed by atoms with Crippen molar-refractivity contribution in [3.05, 3.63) is 91.0 Å². The first-order valence-electron chi connectivity index (χ1n) is 32.0. The molecule has 4 aliphatic heterocycles. The van der Waals surface area contributed by atoms with Crippen molar-refractivity contribution in [2.75, 3.05) is 53.1 Å². The number of aromatic hydroxyl groups is 4. The van der Waals surface area contributed by atoms with Gasteiger partial charge in [-0.25, -0.2) is 0 Å². The van der Waals surface area contributed by atoms with Gasteiger partial charge < -0.3 is 39.4 Å². The summed E-state index contributed by atoms with van der Waals surface area (Å²) in [7, 11) is 0. The minimum atomic E-state index is -0.334. The fraction of sp³-hybridized carbons (Fsp3) is 0.647. The third-order valence-electron chi connectivity index (χ3n) is 18.7. The lowest BCUT2D eigenvalue weighted by Crippen LogP contribution is -2.34. The van der Waals surface area contributed by atoms with Crippen LogP contribution in [0.1, 0.15) is 274 Å². The van der Waals surface area contributed by atoms with Gasteiger partial charge in [-0.15, -0.1) is 0 Å². The highest BCUT2D eigenvalue weighted by Gasteiger charge is 2.40. The zero-order chi connectivity index (χ0) is 56.5. The Morgan fingerprint density at radius 1 is 0.312 bits per heavy atom. The molecule has 8 bridgehead atoms. The molecule has 0 radical (unpaired) electrons. The van der Waals surface area contributed by atoms with Gasteiger partial charge in [0.25, 0.3) is 0 Å². The van der Waals surface area contributed by atoms with Crippen LogP contribution in [0.25, 0.3) is 0 Å². The average molecular weight is 1100 g/mol. The van der Waals surface area contributed by atoms with Crippen molar-refractivity contribution in [3.8, 4) is 46.0 Å². The van der Waals surface area contributed by atoms with Crippen molar-refractivity contribution >= 4 is 0 Å². The molecular formula is C68H100N4O8. The second-order valence-corrected chi connectivity index (χ2v) is 24.2. The summed E-state index contributed by atoms with van der Waals surface area (Å²) in [5.74, 6) is 2.43. The van der Waals surface area contributed by atoms with Crippen molar-refractivity contribution in [2.45, 2.75) is 234 Å². The normalized spacial score (nSPS) is 20.2. The van der Waals surface area contributed by atoms with Crippen molar-refractivity contribution in [3.63, 3.8) is 0 Å². The molecule has 4 aromatic carbocycles. The molecule has 0 fully saturated rings. The van der Waals surface area contributed by atoms with Gasteiger partial charge in [0.15, 0.2) is 0 Å². The number of benzene rings is 4. The molecular weight excluding hydrogens is 1000 g/mol. The molecule has 12 nitrogen and oxygen atoms in total. The molecule has 4 atom stereocenters. The minimum absolute atomic E-state index is 0.243. The molecule has 0 spiro atoms. The lowest BCUT2D eigenvalue weighted by molar-refractivity contribution is 0.0891. The van der Waals surface area contributed by atoms with Gasteiger partial charge in [0.2, 0.25) is 0 Å². The SMILES string of the molecule is CCCCCCN1COc2c3cc(c(O)c2C1)C(CC)c1cc(c(O)c2c1OCN(CCCCCC)C2)C(CC)c1cc(c(O)c2c1OCN(CCCCCC)C2)C(CC)c1cc(c(O)c2c1OCN(CCCCCC)C2)C3CC. The van der Waals surface area contributed by atoms with Gasteiger partial charge in [-0.3, -0.25) is 19.6 Å². The Balaban J connectivity index is 1.32. The van der Waals surface area contributed by atoms with Crippen molar-refractivity contribution in [2.24, 2.45) is 0 Å². The van der Waals surface area contributed by atoms with Crippen LogP contribution in [-0.4, -0.2) is 93.1 Å². The van der Waals surface area contributed by atoms with E-state index in [1.165, 1.54) is 25.7 Å². The van der Waals surface area contributed by atoms with Crippen LogP contribution in [0.15, 0.2) is 24.3 Å². The lowest BCUT2D eigenvalue weighted by atomic mass is 9.75. The van der Waals surface area contributed by atoms with Crippen LogP contribution in [0.3, 0.4) is 0 Å². The van der Waals surface area contributed by atoms with Gasteiger partial charge in [-0.1, -0.05) is 132 Å². The predicted octanol–water partition coefficient (Wildman–Crippen LogP) is 15.9. The zero-order valence-corrected chi connectivity index (χ0v) is 50.5. The fourth-order valence-electron chi connectivity index (χ4n) is 14.1. The van der Waals surface area contributed by atoms with Crippen LogP contribution >= 0.6 is 0 Å². The maximum absolute atomic E-state index is 13.1. The molecule has 0 aromatic heterocycles. The van der Waals surface area contributed by atoms with E-state index >= 15 is 0 Å². The highest BCUT2D eigenvalue weighted by atomic mass is 16.5. The predicted molar refractivity (Wildman–Crippen MR) is 321 cm³/mol. The molecule has 4 aromatic rings. The number of rotatable bonds is 24. The Hall–Kier alpha value is -4.88. The number of nitrogens with zero attached hydrogens (tertiary/aromatic N) is 4. The van der Waals surface area contributed by atoms with E-state index in [0.717, 1.165) is 170 Å². The molecule has 4 unspecified atom stereocenters. The summed E-state index contributed by atoms with van der Waals surface area (Å²) in [6.45, 7) is 25.0. The Bertz CT molecular complexity index is 2360. The molecule has 0 saturated heterocycles. The Morgan fingerprint density at radius 3 is 0.713 bits per heavy atom. The number of ether oxygens (including phenoxy) is 4. The fourth-order valence-corrected chi connectivity index (χ4v) is 14.1. The molecule has 0 saturated carbocycles. The summed E-state index contributed by atoms with van der Waals surface area (Å²) in [6, 6.07) is 8.77. The number of hydrogen-bond acceptors (Lipinski definition) is 12. The zero-order valence-electron chi connectivity index (χ0n) is 50.5. The van der Waals surface area contributed by atoms with E-state index in [4.69, 9.17) is 18.9 Å². The maximum Gasteiger partial charge on any atom is 0.142 e. The van der Waals surface area contributed by atoms with Gasteiger partial charge in [0.1, 0.15) is 72.9 Å². The molecule has 12 heteroatoms. The van der Waals surface area contributed by atoms with Crippen LogP contribution in [0, 0.1) is 0 Å². The van der Waals surface area contributed by atoms with Gasteiger partial charge >= 0.3 is 0 Å². The molecule has 9 rings (SSSR count). The number of fused-ring (bicyclic) bond motifs is 16. The summed E-state index contributed by atoms with van der Waals surface area (Å²) < 4.78 is 27.8. The summed E-state index contributed by atoms with van der Waals surface area (Å²) in [6.07, 6.45) is 20.7. The van der Waals surface area contributed by atoms with Gasteiger partial charge in [-0.05, 0) is 75.6 Å². The molecule has 80 heavy (non-hydrogen) atoms. The van der Waals surface area contributed by atoms with Crippen LogP contribution in [0.4, 0.5) is 0 Å². The molecule has 4 heterocycles. The van der Waals surface area contributed by atoms with E-state index in [1.54, 1.807) is 0 Å². The number of phenolic OH excluding ortho intramolecular Hbond substituents is 4. The Morgan fingerprint density at radius 2 is 0.525 bits per heavy atom. The maximum atomic E-state index is 13.1. The summed E-state index contributed by atoms with van der Waals surface area (Å²) in [5.41, 5.74) is 10.1. The number of phenols is 4. The van der Waals surface area contributed by atoms with Crippen LogP contribution in [0.5, 0.6) is 46.0 Å².